The average molecular weight is 510 g/mol. The Hall–Kier alpha value is -2.63. The minimum atomic E-state index is -4.65. The molecule has 1 aliphatic rings. The highest BCUT2D eigenvalue weighted by molar-refractivity contribution is 6.31. The molecular weight excluding hydrogens is 489 g/mol. The zero-order chi connectivity index (χ0) is 24.9. The fourth-order valence-corrected chi connectivity index (χ4v) is 3.70. The van der Waals surface area contributed by atoms with Crippen molar-refractivity contribution in [1.82, 2.24) is 4.90 Å². The molecule has 1 atom stereocenters. The van der Waals surface area contributed by atoms with Gasteiger partial charge in [0.15, 0.2) is 0 Å². The summed E-state index contributed by atoms with van der Waals surface area (Å²) in [6, 6.07) is 6.97. The van der Waals surface area contributed by atoms with E-state index in [0.717, 1.165) is 12.1 Å². The Bertz CT molecular complexity index is 1000. The molecule has 1 N–H and O–H groups in total. The van der Waals surface area contributed by atoms with Crippen molar-refractivity contribution < 1.29 is 46.1 Å². The molecule has 1 fully saturated rings. The first kappa shape index (κ1) is 26.0. The lowest BCUT2D eigenvalue weighted by molar-refractivity contribution is -0.138. The van der Waals surface area contributed by atoms with Crippen LogP contribution < -0.4 is 9.47 Å². The summed E-state index contributed by atoms with van der Waals surface area (Å²) in [7, 11) is 0. The van der Waals surface area contributed by atoms with Gasteiger partial charge in [0, 0.05) is 25.2 Å². The molecule has 0 aliphatic carbocycles. The highest BCUT2D eigenvalue weighted by Gasteiger charge is 2.33. The number of nitrogens with zero attached hydrogens (tertiary/aromatic N) is 1. The fraction of sp³-hybridized carbons (Fsp3) is 0.409. The summed E-state index contributed by atoms with van der Waals surface area (Å²) in [6.07, 6.45) is -5.43. The summed E-state index contributed by atoms with van der Waals surface area (Å²) in [5.74, 6) is -1.39. The van der Waals surface area contributed by atoms with Crippen LogP contribution in [0.5, 0.6) is 11.5 Å². The van der Waals surface area contributed by atoms with Crippen molar-refractivity contribution >= 4 is 17.6 Å². The summed E-state index contributed by atoms with van der Waals surface area (Å²) >= 11 is 6.09. The maximum absolute atomic E-state index is 13.3. The third-order valence-electron chi connectivity index (χ3n) is 5.14. The predicted molar refractivity (Wildman–Crippen MR) is 111 cm³/mol. The second-order valence-corrected chi connectivity index (χ2v) is 7.85. The largest absolute Gasteiger partial charge is 0.488 e. The average Bonchev–Trinajstić information content (AvgIpc) is 2.76. The van der Waals surface area contributed by atoms with E-state index in [1.807, 2.05) is 4.90 Å². The van der Waals surface area contributed by atoms with Crippen molar-refractivity contribution in [2.24, 2.45) is 0 Å². The number of alkyl halides is 5. The maximum atomic E-state index is 13.3. The number of aliphatic carboxylic acids is 1. The number of carboxylic acids is 1. The van der Waals surface area contributed by atoms with Crippen molar-refractivity contribution in [2.45, 2.75) is 31.9 Å². The number of morpholine rings is 1. The van der Waals surface area contributed by atoms with E-state index >= 15 is 0 Å². The third-order valence-corrected chi connectivity index (χ3v) is 5.50. The van der Waals surface area contributed by atoms with Gasteiger partial charge in [-0.25, -0.2) is 0 Å². The quantitative estimate of drug-likeness (QED) is 0.457. The zero-order valence-electron chi connectivity index (χ0n) is 17.7. The van der Waals surface area contributed by atoms with Crippen LogP contribution >= 0.6 is 11.6 Å². The summed E-state index contributed by atoms with van der Waals surface area (Å²) in [4.78, 5) is 12.7. The second kappa shape index (κ2) is 11.2. The molecule has 1 aliphatic heterocycles. The minimum absolute atomic E-state index is 0.0421. The Morgan fingerprint density at radius 1 is 1.24 bits per heavy atom. The number of carboxylic acid groups (broad SMARTS) is 1. The molecule has 1 heterocycles. The smallest absolute Gasteiger partial charge is 0.416 e. The van der Waals surface area contributed by atoms with Crippen molar-refractivity contribution in [3.05, 3.63) is 58.1 Å². The number of ether oxygens (including phenoxy) is 3. The van der Waals surface area contributed by atoms with Gasteiger partial charge in [-0.1, -0.05) is 23.7 Å². The summed E-state index contributed by atoms with van der Waals surface area (Å²) < 4.78 is 81.3. The predicted octanol–water partition coefficient (Wildman–Crippen LogP) is 5.39. The maximum Gasteiger partial charge on any atom is 0.416 e. The molecular formula is C22H21ClF5NO5. The van der Waals surface area contributed by atoms with Gasteiger partial charge in [-0.15, -0.1) is 0 Å². The van der Waals surface area contributed by atoms with Gasteiger partial charge < -0.3 is 19.3 Å². The van der Waals surface area contributed by atoms with E-state index in [1.54, 1.807) is 0 Å². The highest BCUT2D eigenvalue weighted by Crippen LogP contribution is 2.38. The molecule has 12 heteroatoms. The van der Waals surface area contributed by atoms with Crippen LogP contribution in [0, 0.1) is 0 Å². The standard InChI is InChI=1S/C22H21ClF5NO5/c23-16-2-1-3-17(34-21(24)25)15(16)12-33-18-10-13(22(26,27)28)4-5-14(18)19-11-29(8-9-32-19)7-6-20(30)31/h1-5,10,19,21H,6-9,11-12H2,(H,30,31). The van der Waals surface area contributed by atoms with Gasteiger partial charge in [-0.05, 0) is 24.3 Å². The molecule has 0 bridgehead atoms. The lowest BCUT2D eigenvalue weighted by atomic mass is 10.0. The number of benzene rings is 2. The Kier molecular flexibility index (Phi) is 8.56. The second-order valence-electron chi connectivity index (χ2n) is 7.44. The first-order chi connectivity index (χ1) is 16.0. The van der Waals surface area contributed by atoms with Gasteiger partial charge in [0.05, 0.1) is 35.3 Å². The molecule has 2 aromatic carbocycles. The van der Waals surface area contributed by atoms with Crippen molar-refractivity contribution in [3.63, 3.8) is 0 Å². The molecule has 186 valence electrons. The third kappa shape index (κ3) is 6.94. The molecule has 0 aromatic heterocycles. The number of halogens is 6. The van der Waals surface area contributed by atoms with Gasteiger partial charge in [-0.3, -0.25) is 9.69 Å². The molecule has 3 rings (SSSR count). The molecule has 1 saturated heterocycles. The Morgan fingerprint density at radius 2 is 2.00 bits per heavy atom. The SMILES string of the molecule is O=C(O)CCN1CCOC(c2ccc(C(F)(F)F)cc2OCc2c(Cl)cccc2OC(F)F)C1. The highest BCUT2D eigenvalue weighted by atomic mass is 35.5. The Morgan fingerprint density at radius 3 is 2.68 bits per heavy atom. The number of hydrogen-bond acceptors (Lipinski definition) is 5. The van der Waals surface area contributed by atoms with Crippen LogP contribution in [0.4, 0.5) is 22.0 Å². The van der Waals surface area contributed by atoms with Gasteiger partial charge >= 0.3 is 18.8 Å². The number of carbonyl (C=O) groups is 1. The molecule has 1 unspecified atom stereocenters. The van der Waals surface area contributed by atoms with Gasteiger partial charge in [-0.2, -0.15) is 22.0 Å². The van der Waals surface area contributed by atoms with Crippen LogP contribution in [0.3, 0.4) is 0 Å². The molecule has 0 spiro atoms. The molecule has 6 nitrogen and oxygen atoms in total. The lowest BCUT2D eigenvalue weighted by Crippen LogP contribution is -2.39. The number of hydrogen-bond donors (Lipinski definition) is 1. The van der Waals surface area contributed by atoms with Crippen molar-refractivity contribution in [2.75, 3.05) is 26.2 Å². The summed E-state index contributed by atoms with van der Waals surface area (Å²) in [6.45, 7) is -2.38. The molecule has 0 amide bonds. The van der Waals surface area contributed by atoms with Crippen LogP contribution in [-0.4, -0.2) is 48.8 Å². The molecule has 0 radical (unpaired) electrons. The van der Waals surface area contributed by atoms with Gasteiger partial charge in [0.1, 0.15) is 18.1 Å². The van der Waals surface area contributed by atoms with Gasteiger partial charge in [0.2, 0.25) is 0 Å². The number of rotatable bonds is 9. The van der Waals surface area contributed by atoms with Crippen LogP contribution in [0.2, 0.25) is 5.02 Å². The van der Waals surface area contributed by atoms with E-state index in [4.69, 9.17) is 26.2 Å². The molecule has 0 saturated carbocycles. The van der Waals surface area contributed by atoms with Crippen LogP contribution in [0.25, 0.3) is 0 Å². The molecule has 34 heavy (non-hydrogen) atoms. The summed E-state index contributed by atoms with van der Waals surface area (Å²) in [5.41, 5.74) is -0.620. The van der Waals surface area contributed by atoms with E-state index in [0.29, 0.717) is 12.1 Å². The van der Waals surface area contributed by atoms with E-state index < -0.39 is 37.0 Å². The van der Waals surface area contributed by atoms with Crippen molar-refractivity contribution in [1.29, 1.82) is 0 Å². The van der Waals surface area contributed by atoms with E-state index in [9.17, 15) is 26.7 Å². The van der Waals surface area contributed by atoms with Crippen LogP contribution in [0.15, 0.2) is 36.4 Å². The van der Waals surface area contributed by atoms with Crippen LogP contribution in [-0.2, 0) is 22.3 Å². The fourth-order valence-electron chi connectivity index (χ4n) is 3.48. The first-order valence-corrected chi connectivity index (χ1v) is 10.5. The van der Waals surface area contributed by atoms with Crippen molar-refractivity contribution in [3.8, 4) is 11.5 Å². The monoisotopic (exact) mass is 509 g/mol. The normalized spacial score (nSPS) is 17.1. The van der Waals surface area contributed by atoms with Gasteiger partial charge in [0.25, 0.3) is 0 Å². The lowest BCUT2D eigenvalue weighted by Gasteiger charge is -2.33. The van der Waals surface area contributed by atoms with E-state index in [2.05, 4.69) is 4.74 Å². The Labute approximate surface area is 196 Å². The van der Waals surface area contributed by atoms with Crippen LogP contribution in [0.1, 0.15) is 29.2 Å². The first-order valence-electron chi connectivity index (χ1n) is 10.2. The van der Waals surface area contributed by atoms with E-state index in [-0.39, 0.29) is 48.2 Å². The topological polar surface area (TPSA) is 68.2 Å². The zero-order valence-corrected chi connectivity index (χ0v) is 18.4. The minimum Gasteiger partial charge on any atom is -0.488 e. The summed E-state index contributed by atoms with van der Waals surface area (Å²) in [5, 5.41) is 8.95. The van der Waals surface area contributed by atoms with E-state index in [1.165, 1.54) is 24.3 Å². The molecule has 2 aromatic rings. The Balaban J connectivity index is 1.88.